The number of likely N-dealkylation sites (tertiary alicyclic amines) is 1. The number of rotatable bonds is 3. The molecule has 1 nitrogen and oxygen atoms in total. The van der Waals surface area contributed by atoms with Gasteiger partial charge in [-0.3, -0.25) is 4.90 Å². The van der Waals surface area contributed by atoms with Crippen LogP contribution in [0.15, 0.2) is 30.3 Å². The maximum absolute atomic E-state index is 2.65. The fraction of sp³-hybridized carbons (Fsp3) is 0.600. The van der Waals surface area contributed by atoms with E-state index in [4.69, 9.17) is 0 Å². The highest BCUT2D eigenvalue weighted by molar-refractivity contribution is 5.14. The first-order chi connectivity index (χ1) is 7.79. The molecule has 0 amide bonds. The summed E-state index contributed by atoms with van der Waals surface area (Å²) in [7, 11) is 0. The van der Waals surface area contributed by atoms with Crippen LogP contribution in [0.5, 0.6) is 0 Å². The van der Waals surface area contributed by atoms with Crippen LogP contribution in [0.4, 0.5) is 0 Å². The van der Waals surface area contributed by atoms with Crippen molar-refractivity contribution in [1.29, 1.82) is 0 Å². The predicted molar refractivity (Wildman–Crippen MR) is 69.3 cm³/mol. The van der Waals surface area contributed by atoms with Gasteiger partial charge in [-0.1, -0.05) is 43.7 Å². The van der Waals surface area contributed by atoms with E-state index >= 15 is 0 Å². The first-order valence-electron chi connectivity index (χ1n) is 6.57. The Kier molecular flexibility index (Phi) is 4.00. The Bertz CT molecular complexity index is 306. The van der Waals surface area contributed by atoms with Crippen LogP contribution in [-0.2, 0) is 6.54 Å². The third kappa shape index (κ3) is 2.85. The summed E-state index contributed by atoms with van der Waals surface area (Å²) in [5.41, 5.74) is 1.45. The molecule has 16 heavy (non-hydrogen) atoms. The summed E-state index contributed by atoms with van der Waals surface area (Å²) in [4.78, 5) is 2.65. The van der Waals surface area contributed by atoms with E-state index in [-0.39, 0.29) is 0 Å². The van der Waals surface area contributed by atoms with E-state index in [9.17, 15) is 0 Å². The van der Waals surface area contributed by atoms with Gasteiger partial charge in [-0.25, -0.2) is 0 Å². The van der Waals surface area contributed by atoms with E-state index in [2.05, 4.69) is 49.1 Å². The molecule has 1 aromatic rings. The van der Waals surface area contributed by atoms with Gasteiger partial charge in [0.2, 0.25) is 0 Å². The summed E-state index contributed by atoms with van der Waals surface area (Å²) in [6, 6.07) is 11.6. The molecule has 1 aliphatic heterocycles. The van der Waals surface area contributed by atoms with Crippen molar-refractivity contribution in [3.05, 3.63) is 35.9 Å². The number of nitrogens with zero attached hydrogens (tertiary/aromatic N) is 1. The lowest BCUT2D eigenvalue weighted by Crippen LogP contribution is -2.40. The molecular weight excluding hydrogens is 194 g/mol. The third-order valence-electron chi connectivity index (χ3n) is 3.91. The Balaban J connectivity index is 1.97. The standard InChI is InChI=1S/C15H23N/c1-3-14-10-9-13(2)16(11-14)12-15-7-5-4-6-8-15/h4-8,13-14H,3,9-12H2,1-2H3/t13-,14-/m1/s1. The van der Waals surface area contributed by atoms with Crippen LogP contribution in [0.1, 0.15) is 38.7 Å². The molecule has 1 saturated heterocycles. The molecule has 88 valence electrons. The Morgan fingerprint density at radius 2 is 1.94 bits per heavy atom. The molecule has 0 radical (unpaired) electrons. The lowest BCUT2D eigenvalue weighted by Gasteiger charge is -2.37. The topological polar surface area (TPSA) is 3.24 Å². The van der Waals surface area contributed by atoms with Crippen LogP contribution in [0, 0.1) is 5.92 Å². The first-order valence-corrected chi connectivity index (χ1v) is 6.57. The van der Waals surface area contributed by atoms with Gasteiger partial charge in [0.05, 0.1) is 0 Å². The van der Waals surface area contributed by atoms with Crippen LogP contribution >= 0.6 is 0 Å². The maximum atomic E-state index is 2.65. The molecule has 0 unspecified atom stereocenters. The van der Waals surface area contributed by atoms with Crippen molar-refractivity contribution >= 4 is 0 Å². The van der Waals surface area contributed by atoms with Crippen LogP contribution in [-0.4, -0.2) is 17.5 Å². The minimum atomic E-state index is 0.753. The molecule has 0 saturated carbocycles. The molecule has 1 fully saturated rings. The van der Waals surface area contributed by atoms with Crippen molar-refractivity contribution in [3.63, 3.8) is 0 Å². The average molecular weight is 217 g/mol. The quantitative estimate of drug-likeness (QED) is 0.746. The fourth-order valence-electron chi connectivity index (χ4n) is 2.63. The van der Waals surface area contributed by atoms with Gasteiger partial charge in [0.1, 0.15) is 0 Å². The van der Waals surface area contributed by atoms with E-state index in [1.54, 1.807) is 0 Å². The molecule has 1 heterocycles. The van der Waals surface area contributed by atoms with Gasteiger partial charge in [-0.2, -0.15) is 0 Å². The van der Waals surface area contributed by atoms with Crippen LogP contribution in [0.25, 0.3) is 0 Å². The lowest BCUT2D eigenvalue weighted by atomic mass is 9.91. The van der Waals surface area contributed by atoms with Crippen molar-refractivity contribution < 1.29 is 0 Å². The fourth-order valence-corrected chi connectivity index (χ4v) is 2.63. The zero-order chi connectivity index (χ0) is 11.4. The van der Waals surface area contributed by atoms with Crippen LogP contribution in [0.2, 0.25) is 0 Å². The molecule has 0 N–H and O–H groups in total. The lowest BCUT2D eigenvalue weighted by molar-refractivity contribution is 0.108. The van der Waals surface area contributed by atoms with Gasteiger partial charge in [0, 0.05) is 19.1 Å². The van der Waals surface area contributed by atoms with Crippen molar-refractivity contribution in [2.45, 2.75) is 45.7 Å². The zero-order valence-electron chi connectivity index (χ0n) is 10.5. The van der Waals surface area contributed by atoms with Crippen molar-refractivity contribution in [1.82, 2.24) is 4.90 Å². The van der Waals surface area contributed by atoms with E-state index in [1.807, 2.05) is 0 Å². The Morgan fingerprint density at radius 3 is 2.62 bits per heavy atom. The molecule has 1 aliphatic rings. The second kappa shape index (κ2) is 5.49. The molecule has 1 heteroatoms. The molecule has 2 rings (SSSR count). The van der Waals surface area contributed by atoms with Crippen LogP contribution in [0.3, 0.4) is 0 Å². The minimum absolute atomic E-state index is 0.753. The Labute approximate surface area is 99.5 Å². The van der Waals surface area contributed by atoms with Gasteiger partial charge >= 0.3 is 0 Å². The second-order valence-corrected chi connectivity index (χ2v) is 5.12. The molecule has 0 bridgehead atoms. The predicted octanol–water partition coefficient (Wildman–Crippen LogP) is 3.70. The maximum Gasteiger partial charge on any atom is 0.0236 e. The molecule has 0 aromatic heterocycles. The van der Waals surface area contributed by atoms with E-state index in [0.717, 1.165) is 18.5 Å². The molecule has 0 spiro atoms. The van der Waals surface area contributed by atoms with Gasteiger partial charge in [0.15, 0.2) is 0 Å². The number of piperidine rings is 1. The zero-order valence-corrected chi connectivity index (χ0v) is 10.5. The summed E-state index contributed by atoms with van der Waals surface area (Å²) >= 11 is 0. The number of hydrogen-bond donors (Lipinski definition) is 0. The van der Waals surface area contributed by atoms with Gasteiger partial charge in [0.25, 0.3) is 0 Å². The Hall–Kier alpha value is -0.820. The van der Waals surface area contributed by atoms with Gasteiger partial charge in [-0.15, -0.1) is 0 Å². The molecule has 1 aromatic carbocycles. The van der Waals surface area contributed by atoms with E-state index in [0.29, 0.717) is 0 Å². The second-order valence-electron chi connectivity index (χ2n) is 5.12. The normalized spacial score (nSPS) is 26.9. The highest BCUT2D eigenvalue weighted by Gasteiger charge is 2.23. The van der Waals surface area contributed by atoms with Crippen molar-refractivity contribution in [2.75, 3.05) is 6.54 Å². The minimum Gasteiger partial charge on any atom is -0.296 e. The van der Waals surface area contributed by atoms with Crippen LogP contribution < -0.4 is 0 Å². The molecule has 2 atom stereocenters. The van der Waals surface area contributed by atoms with Crippen molar-refractivity contribution in [2.24, 2.45) is 5.92 Å². The first kappa shape index (κ1) is 11.7. The van der Waals surface area contributed by atoms with E-state index < -0.39 is 0 Å². The van der Waals surface area contributed by atoms with Crippen molar-refractivity contribution in [3.8, 4) is 0 Å². The molecular formula is C15H23N. The Morgan fingerprint density at radius 1 is 1.19 bits per heavy atom. The van der Waals surface area contributed by atoms with Gasteiger partial charge < -0.3 is 0 Å². The van der Waals surface area contributed by atoms with Gasteiger partial charge in [-0.05, 0) is 31.2 Å². The highest BCUT2D eigenvalue weighted by atomic mass is 15.2. The summed E-state index contributed by atoms with van der Waals surface area (Å²) in [5, 5.41) is 0. The van der Waals surface area contributed by atoms with E-state index in [1.165, 1.54) is 31.4 Å². The highest BCUT2D eigenvalue weighted by Crippen LogP contribution is 2.25. The summed E-state index contributed by atoms with van der Waals surface area (Å²) in [6.07, 6.45) is 4.12. The summed E-state index contributed by atoms with van der Waals surface area (Å²) < 4.78 is 0. The number of hydrogen-bond acceptors (Lipinski definition) is 1. The smallest absolute Gasteiger partial charge is 0.0236 e. The third-order valence-corrected chi connectivity index (χ3v) is 3.91. The number of benzene rings is 1. The monoisotopic (exact) mass is 217 g/mol. The SMILES string of the molecule is CC[C@@H]1CC[C@@H](C)N(Cc2ccccc2)C1. The summed E-state index contributed by atoms with van der Waals surface area (Å²) in [5.74, 6) is 0.917. The largest absolute Gasteiger partial charge is 0.296 e. The summed E-state index contributed by atoms with van der Waals surface area (Å²) in [6.45, 7) is 7.10. The average Bonchev–Trinajstić information content (AvgIpc) is 2.33. The molecule has 0 aliphatic carbocycles.